The van der Waals surface area contributed by atoms with Gasteiger partial charge in [-0.15, -0.1) is 0 Å². The van der Waals surface area contributed by atoms with E-state index >= 15 is 0 Å². The van der Waals surface area contributed by atoms with E-state index in [1.807, 2.05) is 20.8 Å². The number of nitrogens with zero attached hydrogens (tertiary/aromatic N) is 2. The Hall–Kier alpha value is -0.153. The van der Waals surface area contributed by atoms with E-state index in [2.05, 4.69) is 71.4 Å². The zero-order valence-electron chi connectivity index (χ0n) is 18.1. The van der Waals surface area contributed by atoms with E-state index < -0.39 is 24.8 Å². The van der Waals surface area contributed by atoms with Gasteiger partial charge in [0.2, 0.25) is 0 Å². The van der Waals surface area contributed by atoms with Gasteiger partial charge in [0, 0.05) is 25.2 Å². The lowest BCUT2D eigenvalue weighted by Crippen LogP contribution is -2.66. The molecule has 154 valence electrons. The average Bonchev–Trinajstić information content (AvgIpc) is 2.43. The van der Waals surface area contributed by atoms with Crippen LogP contribution in [0.25, 0.3) is 0 Å². The molecule has 0 aliphatic heterocycles. The van der Waals surface area contributed by atoms with Gasteiger partial charge in [0.25, 0.3) is 0 Å². The van der Waals surface area contributed by atoms with E-state index in [1.165, 1.54) is 0 Å². The van der Waals surface area contributed by atoms with E-state index in [1.54, 1.807) is 12.4 Å². The van der Waals surface area contributed by atoms with Crippen LogP contribution in [-0.2, 0) is 21.0 Å². The number of nitrogens with one attached hydrogen (secondary N) is 1. The molecule has 0 aromatic carbocycles. The van der Waals surface area contributed by atoms with Gasteiger partial charge in [0.05, 0.1) is 31.3 Å². The predicted molar refractivity (Wildman–Crippen MR) is 118 cm³/mol. The van der Waals surface area contributed by atoms with Crippen LogP contribution in [0, 0.1) is 0 Å². The van der Waals surface area contributed by atoms with E-state index in [0.717, 1.165) is 4.47 Å². The highest BCUT2D eigenvalue weighted by Gasteiger charge is 2.59. The van der Waals surface area contributed by atoms with Crippen LogP contribution in [0.3, 0.4) is 0 Å². The van der Waals surface area contributed by atoms with Crippen molar-refractivity contribution < 1.29 is 8.63 Å². The number of aromatic nitrogens is 2. The highest BCUT2D eigenvalue weighted by molar-refractivity contribution is 9.10. The first-order valence-corrected chi connectivity index (χ1v) is 14.2. The smallest absolute Gasteiger partial charge is 0.192 e. The second kappa shape index (κ2) is 7.27. The summed E-state index contributed by atoms with van der Waals surface area (Å²) in [7, 11) is -3.13. The summed E-state index contributed by atoms with van der Waals surface area (Å²) >= 11 is 3.39. The maximum atomic E-state index is 12.9. The van der Waals surface area contributed by atoms with Gasteiger partial charge in [-0.05, 0) is 61.8 Å². The Morgan fingerprint density at radius 2 is 1.63 bits per heavy atom. The molecule has 1 aromatic heterocycles. The highest BCUT2D eigenvalue weighted by atomic mass is 79.9. The second-order valence-electron chi connectivity index (χ2n) is 10.5. The Morgan fingerprint density at radius 3 is 2.04 bits per heavy atom. The quantitative estimate of drug-likeness (QED) is 0.604. The summed E-state index contributed by atoms with van der Waals surface area (Å²) in [5, 5.41) is 0.143. The number of halogens is 1. The van der Waals surface area contributed by atoms with Crippen molar-refractivity contribution in [3.05, 3.63) is 22.7 Å². The molecule has 1 N–H and O–H groups in total. The standard InChI is InChI=1S/C19H34BrN3O2SSi/c1-16(2,3)26(24)23-19(15-21-10-14(20)11-22-15)12-18(7,13-19)25-27(8,9)17(4,5)6/h10-11,23H,12-13H2,1-9H3. The van der Waals surface area contributed by atoms with Gasteiger partial charge in [-0.2, -0.15) is 0 Å². The molecule has 1 heterocycles. The van der Waals surface area contributed by atoms with E-state index in [4.69, 9.17) is 4.43 Å². The Bertz CT molecular complexity index is 705. The van der Waals surface area contributed by atoms with Crippen molar-refractivity contribution in [2.45, 2.75) is 95.3 Å². The largest absolute Gasteiger partial charge is 0.411 e. The van der Waals surface area contributed by atoms with Crippen LogP contribution >= 0.6 is 15.9 Å². The third-order valence-corrected chi connectivity index (χ3v) is 12.3. The molecule has 8 heteroatoms. The molecule has 0 radical (unpaired) electrons. The van der Waals surface area contributed by atoms with Gasteiger partial charge in [-0.3, -0.25) is 0 Å². The molecule has 0 bridgehead atoms. The molecule has 0 saturated heterocycles. The number of hydrogen-bond acceptors (Lipinski definition) is 4. The fourth-order valence-corrected chi connectivity index (χ4v) is 6.02. The summed E-state index contributed by atoms with van der Waals surface area (Å²) in [4.78, 5) is 9.04. The molecular weight excluding hydrogens is 442 g/mol. The van der Waals surface area contributed by atoms with Gasteiger partial charge >= 0.3 is 0 Å². The summed E-state index contributed by atoms with van der Waals surface area (Å²) in [6, 6.07) is 0. The third kappa shape index (κ3) is 5.07. The van der Waals surface area contributed by atoms with Gasteiger partial charge in [-0.25, -0.2) is 18.9 Å². The van der Waals surface area contributed by atoms with Crippen molar-refractivity contribution in [2.75, 3.05) is 0 Å². The summed E-state index contributed by atoms with van der Waals surface area (Å²) in [5.41, 5.74) is -0.801. The van der Waals surface area contributed by atoms with Crippen LogP contribution in [0.5, 0.6) is 0 Å². The lowest BCUT2D eigenvalue weighted by atomic mass is 9.66. The third-order valence-electron chi connectivity index (χ3n) is 5.55. The Kier molecular flexibility index (Phi) is 6.23. The molecule has 0 spiro atoms. The first kappa shape index (κ1) is 23.1. The van der Waals surface area contributed by atoms with Crippen molar-refractivity contribution in [2.24, 2.45) is 0 Å². The maximum absolute atomic E-state index is 12.9. The Balaban J connectivity index is 2.30. The van der Waals surface area contributed by atoms with Crippen molar-refractivity contribution in [3.8, 4) is 0 Å². The van der Waals surface area contributed by atoms with Crippen molar-refractivity contribution >= 4 is 35.2 Å². The normalized spacial score (nSPS) is 27.9. The fraction of sp³-hybridized carbons (Fsp3) is 0.789. The summed E-state index contributed by atoms with van der Waals surface area (Å²) < 4.78 is 23.4. The summed E-state index contributed by atoms with van der Waals surface area (Å²) in [5.74, 6) is 0.680. The van der Waals surface area contributed by atoms with Gasteiger partial charge in [0.1, 0.15) is 5.82 Å². The van der Waals surface area contributed by atoms with Gasteiger partial charge in [0.15, 0.2) is 8.32 Å². The molecule has 1 aliphatic rings. The first-order chi connectivity index (χ1) is 12.0. The Labute approximate surface area is 176 Å². The molecule has 2 rings (SSSR count). The highest BCUT2D eigenvalue weighted by Crippen LogP contribution is 2.53. The Morgan fingerprint density at radius 1 is 1.15 bits per heavy atom. The van der Waals surface area contributed by atoms with Crippen LogP contribution in [0.4, 0.5) is 0 Å². The van der Waals surface area contributed by atoms with Gasteiger partial charge in [-0.1, -0.05) is 20.8 Å². The molecule has 1 unspecified atom stereocenters. The van der Waals surface area contributed by atoms with Crippen LogP contribution in [0.2, 0.25) is 18.1 Å². The summed E-state index contributed by atoms with van der Waals surface area (Å²) in [6.07, 6.45) is 4.90. The lowest BCUT2D eigenvalue weighted by Gasteiger charge is -2.57. The maximum Gasteiger partial charge on any atom is 0.192 e. The minimum Gasteiger partial charge on any atom is -0.411 e. The van der Waals surface area contributed by atoms with Crippen molar-refractivity contribution in [1.82, 2.24) is 14.7 Å². The zero-order valence-corrected chi connectivity index (χ0v) is 21.5. The zero-order chi connectivity index (χ0) is 20.9. The monoisotopic (exact) mass is 475 g/mol. The van der Waals surface area contributed by atoms with Crippen molar-refractivity contribution in [3.63, 3.8) is 0 Å². The lowest BCUT2D eigenvalue weighted by molar-refractivity contribution is -0.0720. The molecular formula is C19H34BrN3O2SSi. The molecule has 0 amide bonds. The molecule has 1 aliphatic carbocycles. The van der Waals surface area contributed by atoms with E-state index in [0.29, 0.717) is 18.7 Å². The summed E-state index contributed by atoms with van der Waals surface area (Å²) in [6.45, 7) is 19.4. The molecule has 5 nitrogen and oxygen atoms in total. The van der Waals surface area contributed by atoms with Gasteiger partial charge < -0.3 is 4.43 Å². The minimum absolute atomic E-state index is 0.143. The molecule has 1 fully saturated rings. The SMILES string of the molecule is CC1(O[Si](C)(C)C(C)(C)C)CC(NS(=O)C(C)(C)C)(c2ncc(Br)cn2)C1. The molecule has 1 aromatic rings. The van der Waals surface area contributed by atoms with Crippen LogP contribution in [-0.4, -0.2) is 32.8 Å². The predicted octanol–water partition coefficient (Wildman–Crippen LogP) is 5.06. The number of hydrogen-bond donors (Lipinski definition) is 1. The molecule has 1 atom stereocenters. The van der Waals surface area contributed by atoms with Crippen LogP contribution in [0.1, 0.15) is 67.1 Å². The van der Waals surface area contributed by atoms with Crippen LogP contribution in [0.15, 0.2) is 16.9 Å². The average molecular weight is 477 g/mol. The van der Waals surface area contributed by atoms with E-state index in [9.17, 15) is 4.21 Å². The topological polar surface area (TPSA) is 64.1 Å². The van der Waals surface area contributed by atoms with Crippen molar-refractivity contribution in [1.29, 1.82) is 0 Å². The fourth-order valence-electron chi connectivity index (χ4n) is 3.23. The van der Waals surface area contributed by atoms with E-state index in [-0.39, 0.29) is 15.4 Å². The molecule has 1 saturated carbocycles. The second-order valence-corrected chi connectivity index (χ2v) is 18.1. The van der Waals surface area contributed by atoms with Crippen LogP contribution < -0.4 is 4.72 Å². The first-order valence-electron chi connectivity index (χ1n) is 9.38. The number of rotatable bonds is 5. The minimum atomic E-state index is -1.91. The molecule has 27 heavy (non-hydrogen) atoms.